The number of carbonyl (C=O) groups is 2. The lowest BCUT2D eigenvalue weighted by Gasteiger charge is -2.31. The summed E-state index contributed by atoms with van der Waals surface area (Å²) in [6, 6.07) is 10.7. The van der Waals surface area contributed by atoms with Gasteiger partial charge in [0, 0.05) is 42.1 Å². The van der Waals surface area contributed by atoms with Crippen molar-refractivity contribution in [2.45, 2.75) is 66.3 Å². The molecular weight excluding hydrogens is 374 g/mol. The van der Waals surface area contributed by atoms with Gasteiger partial charge in [-0.3, -0.25) is 9.59 Å². The molecule has 2 aromatic rings. The number of nitrogens with one attached hydrogen (secondary N) is 1. The summed E-state index contributed by atoms with van der Waals surface area (Å²) in [4.78, 5) is 27.4. The Morgan fingerprint density at radius 1 is 1.00 bits per heavy atom. The highest BCUT2D eigenvalue weighted by atomic mass is 16.2. The highest BCUT2D eigenvalue weighted by molar-refractivity contribution is 5.96. The van der Waals surface area contributed by atoms with E-state index < -0.39 is 0 Å². The van der Waals surface area contributed by atoms with Crippen LogP contribution in [-0.2, 0) is 4.79 Å². The molecule has 0 spiro atoms. The second-order valence-electron chi connectivity index (χ2n) is 9.10. The molecule has 162 valence electrons. The third kappa shape index (κ3) is 4.61. The fourth-order valence-corrected chi connectivity index (χ4v) is 4.30. The first-order valence-electron chi connectivity index (χ1n) is 11.1. The monoisotopic (exact) mass is 409 g/mol. The van der Waals surface area contributed by atoms with E-state index in [0.717, 1.165) is 35.5 Å². The van der Waals surface area contributed by atoms with Gasteiger partial charge in [-0.2, -0.15) is 0 Å². The van der Waals surface area contributed by atoms with Crippen LogP contribution in [0.15, 0.2) is 30.3 Å². The lowest BCUT2D eigenvalue weighted by molar-refractivity contribution is -0.126. The summed E-state index contributed by atoms with van der Waals surface area (Å²) in [6.45, 7) is 13.6. The normalized spacial score (nSPS) is 15.1. The standard InChI is InChI=1S/C25H35N3O2/c1-16(2)20-7-9-22(10-8-20)28-18(5)15-23(19(28)6)25(30)27-13-11-21(12-14-27)24(29)26-17(3)4/h7-10,15-17,21H,11-14H2,1-6H3,(H,26,29). The van der Waals surface area contributed by atoms with Crippen LogP contribution in [0.3, 0.4) is 0 Å². The molecule has 0 saturated carbocycles. The summed E-state index contributed by atoms with van der Waals surface area (Å²) in [7, 11) is 0. The quantitative estimate of drug-likeness (QED) is 0.785. The minimum absolute atomic E-state index is 0.00310. The molecule has 2 heterocycles. The SMILES string of the molecule is Cc1cc(C(=O)N2CCC(C(=O)NC(C)C)CC2)c(C)n1-c1ccc(C(C)C)cc1. The largest absolute Gasteiger partial charge is 0.354 e. The van der Waals surface area contributed by atoms with Gasteiger partial charge < -0.3 is 14.8 Å². The van der Waals surface area contributed by atoms with Crippen molar-refractivity contribution in [2.24, 2.45) is 5.92 Å². The topological polar surface area (TPSA) is 54.3 Å². The van der Waals surface area contributed by atoms with Gasteiger partial charge in [-0.25, -0.2) is 0 Å². The summed E-state index contributed by atoms with van der Waals surface area (Å²) in [5.74, 6) is 0.674. The first-order chi connectivity index (χ1) is 14.2. The number of carbonyl (C=O) groups excluding carboxylic acids is 2. The number of aryl methyl sites for hydroxylation is 1. The zero-order valence-electron chi connectivity index (χ0n) is 19.2. The van der Waals surface area contributed by atoms with E-state index in [4.69, 9.17) is 0 Å². The van der Waals surface area contributed by atoms with Crippen LogP contribution in [0.25, 0.3) is 5.69 Å². The molecule has 0 unspecified atom stereocenters. The van der Waals surface area contributed by atoms with E-state index in [9.17, 15) is 9.59 Å². The van der Waals surface area contributed by atoms with Crippen molar-refractivity contribution >= 4 is 11.8 Å². The number of rotatable bonds is 5. The average molecular weight is 410 g/mol. The fourth-order valence-electron chi connectivity index (χ4n) is 4.30. The predicted octanol–water partition coefficient (Wildman–Crippen LogP) is 4.59. The van der Waals surface area contributed by atoms with Crippen LogP contribution in [0.2, 0.25) is 0 Å². The van der Waals surface area contributed by atoms with E-state index >= 15 is 0 Å². The molecule has 1 aliphatic rings. The minimum Gasteiger partial charge on any atom is -0.354 e. The second kappa shape index (κ2) is 9.07. The van der Waals surface area contributed by atoms with E-state index in [2.05, 4.69) is 48.0 Å². The molecule has 3 rings (SSSR count). The van der Waals surface area contributed by atoms with Gasteiger partial charge in [0.1, 0.15) is 0 Å². The van der Waals surface area contributed by atoms with E-state index in [-0.39, 0.29) is 23.8 Å². The Bertz CT molecular complexity index is 901. The van der Waals surface area contributed by atoms with E-state index in [1.54, 1.807) is 0 Å². The maximum atomic E-state index is 13.2. The van der Waals surface area contributed by atoms with Crippen LogP contribution in [0, 0.1) is 19.8 Å². The number of hydrogen-bond acceptors (Lipinski definition) is 2. The van der Waals surface area contributed by atoms with Crippen LogP contribution < -0.4 is 5.32 Å². The number of likely N-dealkylation sites (tertiary alicyclic amines) is 1. The molecule has 0 radical (unpaired) electrons. The van der Waals surface area contributed by atoms with Crippen LogP contribution in [0.5, 0.6) is 0 Å². The van der Waals surface area contributed by atoms with Gasteiger partial charge in [-0.05, 0) is 70.2 Å². The molecule has 0 atom stereocenters. The molecular formula is C25H35N3O2. The molecule has 1 aliphatic heterocycles. The Kier molecular flexibility index (Phi) is 6.69. The first-order valence-corrected chi connectivity index (χ1v) is 11.1. The van der Waals surface area contributed by atoms with Gasteiger partial charge in [0.25, 0.3) is 5.91 Å². The Balaban J connectivity index is 1.74. The van der Waals surface area contributed by atoms with Crippen molar-refractivity contribution in [1.82, 2.24) is 14.8 Å². The van der Waals surface area contributed by atoms with E-state index in [1.165, 1.54) is 5.56 Å². The first kappa shape index (κ1) is 22.1. The molecule has 0 aliphatic carbocycles. The van der Waals surface area contributed by atoms with Crippen molar-refractivity contribution in [2.75, 3.05) is 13.1 Å². The van der Waals surface area contributed by atoms with Gasteiger partial charge in [0.05, 0.1) is 5.56 Å². The third-order valence-electron chi connectivity index (χ3n) is 6.06. The van der Waals surface area contributed by atoms with Crippen LogP contribution >= 0.6 is 0 Å². The number of benzene rings is 1. The predicted molar refractivity (Wildman–Crippen MR) is 121 cm³/mol. The highest BCUT2D eigenvalue weighted by Crippen LogP contribution is 2.26. The Morgan fingerprint density at radius 3 is 2.13 bits per heavy atom. The van der Waals surface area contributed by atoms with Crippen molar-refractivity contribution in [3.63, 3.8) is 0 Å². The fraction of sp³-hybridized carbons (Fsp3) is 0.520. The van der Waals surface area contributed by atoms with E-state index in [1.807, 2.05) is 38.7 Å². The highest BCUT2D eigenvalue weighted by Gasteiger charge is 2.29. The molecule has 2 amide bonds. The zero-order chi connectivity index (χ0) is 22.0. The lowest BCUT2D eigenvalue weighted by atomic mass is 9.95. The van der Waals surface area contributed by atoms with Crippen LogP contribution in [0.1, 0.15) is 73.8 Å². The summed E-state index contributed by atoms with van der Waals surface area (Å²) >= 11 is 0. The van der Waals surface area contributed by atoms with Gasteiger partial charge in [-0.1, -0.05) is 26.0 Å². The maximum absolute atomic E-state index is 13.2. The zero-order valence-corrected chi connectivity index (χ0v) is 19.2. The summed E-state index contributed by atoms with van der Waals surface area (Å²) in [5, 5.41) is 2.99. The molecule has 1 aromatic carbocycles. The van der Waals surface area contributed by atoms with Crippen LogP contribution in [0.4, 0.5) is 0 Å². The average Bonchev–Trinajstić information content (AvgIpc) is 3.01. The number of amides is 2. The van der Waals surface area contributed by atoms with Gasteiger partial charge in [0.2, 0.25) is 5.91 Å². The second-order valence-corrected chi connectivity index (χ2v) is 9.10. The molecule has 1 fully saturated rings. The van der Waals surface area contributed by atoms with Gasteiger partial charge in [0.15, 0.2) is 0 Å². The summed E-state index contributed by atoms with van der Waals surface area (Å²) in [6.07, 6.45) is 1.44. The number of aromatic nitrogens is 1. The smallest absolute Gasteiger partial charge is 0.255 e. The number of nitrogens with zero attached hydrogens (tertiary/aromatic N) is 2. The third-order valence-corrected chi connectivity index (χ3v) is 6.06. The van der Waals surface area contributed by atoms with Gasteiger partial charge in [-0.15, -0.1) is 0 Å². The Morgan fingerprint density at radius 2 is 1.60 bits per heavy atom. The van der Waals surface area contributed by atoms with Crippen molar-refractivity contribution < 1.29 is 9.59 Å². The number of piperidine rings is 1. The van der Waals surface area contributed by atoms with E-state index in [0.29, 0.717) is 19.0 Å². The summed E-state index contributed by atoms with van der Waals surface area (Å²) < 4.78 is 2.15. The van der Waals surface area contributed by atoms with Crippen LogP contribution in [-0.4, -0.2) is 40.4 Å². The molecule has 0 bridgehead atoms. The molecule has 30 heavy (non-hydrogen) atoms. The minimum atomic E-state index is 0.00310. The summed E-state index contributed by atoms with van der Waals surface area (Å²) in [5.41, 5.74) is 5.17. The Hall–Kier alpha value is -2.56. The van der Waals surface area contributed by atoms with Crippen molar-refractivity contribution in [3.8, 4) is 5.69 Å². The molecule has 1 N–H and O–H groups in total. The number of hydrogen-bond donors (Lipinski definition) is 1. The van der Waals surface area contributed by atoms with Crippen molar-refractivity contribution in [1.29, 1.82) is 0 Å². The molecule has 1 saturated heterocycles. The Labute approximate surface area is 180 Å². The van der Waals surface area contributed by atoms with Gasteiger partial charge >= 0.3 is 0 Å². The maximum Gasteiger partial charge on any atom is 0.255 e. The molecule has 5 heteroatoms. The lowest BCUT2D eigenvalue weighted by Crippen LogP contribution is -2.44. The molecule has 1 aromatic heterocycles. The van der Waals surface area contributed by atoms with Crippen molar-refractivity contribution in [3.05, 3.63) is 52.8 Å². The molecule has 5 nitrogen and oxygen atoms in total.